The van der Waals surface area contributed by atoms with Crippen molar-refractivity contribution in [1.82, 2.24) is 14.9 Å². The summed E-state index contributed by atoms with van der Waals surface area (Å²) < 4.78 is 16.1. The molecule has 3 heterocycles. The van der Waals surface area contributed by atoms with Gasteiger partial charge >= 0.3 is 6.01 Å². The number of aryl methyl sites for hydroxylation is 1. The minimum absolute atomic E-state index is 0.0798. The third-order valence-electron chi connectivity index (χ3n) is 6.28. The van der Waals surface area contributed by atoms with E-state index in [9.17, 15) is 4.79 Å². The lowest BCUT2D eigenvalue weighted by Crippen LogP contribution is -2.50. The predicted octanol–water partition coefficient (Wildman–Crippen LogP) is 2.72. The summed E-state index contributed by atoms with van der Waals surface area (Å²) in [5, 5.41) is 0. The van der Waals surface area contributed by atoms with Crippen molar-refractivity contribution in [2.24, 2.45) is 5.92 Å². The van der Waals surface area contributed by atoms with E-state index in [4.69, 9.17) is 14.2 Å². The molecule has 7 heteroatoms. The van der Waals surface area contributed by atoms with Crippen LogP contribution in [0.5, 0.6) is 11.9 Å². The molecule has 30 heavy (non-hydrogen) atoms. The van der Waals surface area contributed by atoms with Crippen molar-refractivity contribution in [3.63, 3.8) is 0 Å². The number of aromatic nitrogens is 2. The minimum Gasteiger partial charge on any atom is -0.481 e. The van der Waals surface area contributed by atoms with Crippen LogP contribution in [0, 0.1) is 12.8 Å². The monoisotopic (exact) mass is 411 g/mol. The van der Waals surface area contributed by atoms with Crippen LogP contribution in [0.25, 0.3) is 0 Å². The van der Waals surface area contributed by atoms with Crippen LogP contribution in [0.15, 0.2) is 24.3 Å². The van der Waals surface area contributed by atoms with Gasteiger partial charge in [0.25, 0.3) is 0 Å². The molecule has 1 aromatic carbocycles. The molecule has 160 valence electrons. The van der Waals surface area contributed by atoms with Crippen molar-refractivity contribution in [3.8, 4) is 11.9 Å². The summed E-state index contributed by atoms with van der Waals surface area (Å²) in [6.45, 7) is 4.03. The Morgan fingerprint density at radius 1 is 1.13 bits per heavy atom. The zero-order valence-electron chi connectivity index (χ0n) is 17.9. The summed E-state index contributed by atoms with van der Waals surface area (Å²) in [4.78, 5) is 24.2. The van der Waals surface area contributed by atoms with E-state index >= 15 is 0 Å². The second-order valence-corrected chi connectivity index (χ2v) is 7.97. The highest BCUT2D eigenvalue weighted by atomic mass is 16.5. The molecule has 2 aliphatic rings. The number of benzene rings is 1. The molecule has 1 atom stereocenters. The van der Waals surface area contributed by atoms with Gasteiger partial charge in [-0.15, -0.1) is 0 Å². The Morgan fingerprint density at radius 2 is 1.87 bits per heavy atom. The van der Waals surface area contributed by atoms with E-state index in [0.717, 1.165) is 32.5 Å². The molecule has 0 bridgehead atoms. The maximum atomic E-state index is 13.6. The summed E-state index contributed by atoms with van der Waals surface area (Å²) in [5.41, 5.74) is 3.99. The van der Waals surface area contributed by atoms with Crippen molar-refractivity contribution in [1.29, 1.82) is 0 Å². The first-order valence-electron chi connectivity index (χ1n) is 10.5. The van der Waals surface area contributed by atoms with Crippen LogP contribution >= 0.6 is 0 Å². The first kappa shape index (κ1) is 20.6. The van der Waals surface area contributed by atoms with Crippen molar-refractivity contribution < 1.29 is 19.0 Å². The Morgan fingerprint density at radius 3 is 2.57 bits per heavy atom. The highest BCUT2D eigenvalue weighted by molar-refractivity contribution is 5.80. The first-order valence-corrected chi connectivity index (χ1v) is 10.5. The molecular formula is C23H29N3O4. The topological polar surface area (TPSA) is 73.8 Å². The van der Waals surface area contributed by atoms with Gasteiger partial charge in [-0.1, -0.05) is 24.3 Å². The van der Waals surface area contributed by atoms with Gasteiger partial charge in [-0.25, -0.2) is 4.98 Å². The van der Waals surface area contributed by atoms with E-state index in [0.29, 0.717) is 29.6 Å². The van der Waals surface area contributed by atoms with Gasteiger partial charge in [0, 0.05) is 31.4 Å². The van der Waals surface area contributed by atoms with Crippen LogP contribution in [0.1, 0.15) is 35.2 Å². The fourth-order valence-corrected chi connectivity index (χ4v) is 4.60. The van der Waals surface area contributed by atoms with Crippen LogP contribution in [0.4, 0.5) is 0 Å². The molecule has 0 N–H and O–H groups in total. The highest BCUT2D eigenvalue weighted by Crippen LogP contribution is 2.33. The van der Waals surface area contributed by atoms with Gasteiger partial charge in [0.1, 0.15) is 0 Å². The SMILES string of the molecule is COc1nc(C)c(CC(=O)N2Cc3ccccc3C[C@H]2C2CCOCC2)c(OC)n1. The van der Waals surface area contributed by atoms with Crippen LogP contribution < -0.4 is 9.47 Å². The number of carbonyl (C=O) groups excluding carboxylic acids is 1. The molecule has 0 radical (unpaired) electrons. The molecule has 1 fully saturated rings. The fraction of sp³-hybridized carbons (Fsp3) is 0.522. The van der Waals surface area contributed by atoms with Crippen LogP contribution in [0.2, 0.25) is 0 Å². The number of carbonyl (C=O) groups is 1. The molecule has 0 saturated carbocycles. The molecule has 2 aromatic rings. The first-order chi connectivity index (χ1) is 14.6. The second kappa shape index (κ2) is 9.00. The fourth-order valence-electron chi connectivity index (χ4n) is 4.60. The van der Waals surface area contributed by atoms with Crippen molar-refractivity contribution in [3.05, 3.63) is 46.6 Å². The van der Waals surface area contributed by atoms with Crippen molar-refractivity contribution in [2.45, 2.75) is 45.2 Å². The molecule has 4 rings (SSSR count). The van der Waals surface area contributed by atoms with Gasteiger partial charge in [-0.3, -0.25) is 4.79 Å². The number of methoxy groups -OCH3 is 2. The lowest BCUT2D eigenvalue weighted by molar-refractivity contribution is -0.136. The highest BCUT2D eigenvalue weighted by Gasteiger charge is 2.36. The quantitative estimate of drug-likeness (QED) is 0.753. The van der Waals surface area contributed by atoms with Crippen molar-refractivity contribution in [2.75, 3.05) is 27.4 Å². The average molecular weight is 412 g/mol. The third kappa shape index (κ3) is 4.12. The van der Waals surface area contributed by atoms with Crippen molar-refractivity contribution >= 4 is 5.91 Å². The Bertz CT molecular complexity index is 911. The van der Waals surface area contributed by atoms with E-state index < -0.39 is 0 Å². The number of hydrogen-bond donors (Lipinski definition) is 0. The zero-order chi connectivity index (χ0) is 21.1. The number of ether oxygens (including phenoxy) is 3. The number of fused-ring (bicyclic) bond motifs is 1. The van der Waals surface area contributed by atoms with Gasteiger partial charge in [0.15, 0.2) is 0 Å². The molecule has 1 saturated heterocycles. The van der Waals surface area contributed by atoms with Gasteiger partial charge in [-0.05, 0) is 43.2 Å². The molecule has 0 unspecified atom stereocenters. The number of amides is 1. The smallest absolute Gasteiger partial charge is 0.319 e. The summed E-state index contributed by atoms with van der Waals surface area (Å²) >= 11 is 0. The molecule has 1 amide bonds. The van der Waals surface area contributed by atoms with Gasteiger partial charge in [0.05, 0.1) is 26.3 Å². The van der Waals surface area contributed by atoms with E-state index in [1.807, 2.05) is 13.0 Å². The van der Waals surface area contributed by atoms with Crippen LogP contribution in [-0.2, 0) is 28.9 Å². The molecule has 1 aromatic heterocycles. The van der Waals surface area contributed by atoms with Gasteiger partial charge in [0.2, 0.25) is 11.8 Å². The maximum Gasteiger partial charge on any atom is 0.319 e. The Labute approximate surface area is 177 Å². The summed E-state index contributed by atoms with van der Waals surface area (Å²) in [5.74, 6) is 0.926. The molecule has 7 nitrogen and oxygen atoms in total. The van der Waals surface area contributed by atoms with Gasteiger partial charge < -0.3 is 19.1 Å². The lowest BCUT2D eigenvalue weighted by Gasteiger charge is -2.42. The van der Waals surface area contributed by atoms with Gasteiger partial charge in [-0.2, -0.15) is 4.98 Å². The molecular weight excluding hydrogens is 382 g/mol. The zero-order valence-corrected chi connectivity index (χ0v) is 17.9. The predicted molar refractivity (Wildman–Crippen MR) is 112 cm³/mol. The van der Waals surface area contributed by atoms with E-state index in [1.165, 1.54) is 18.2 Å². The molecule has 0 spiro atoms. The number of hydrogen-bond acceptors (Lipinski definition) is 6. The summed E-state index contributed by atoms with van der Waals surface area (Å²) in [6, 6.07) is 8.86. The number of rotatable bonds is 5. The average Bonchev–Trinajstić information content (AvgIpc) is 2.79. The Hall–Kier alpha value is -2.67. The third-order valence-corrected chi connectivity index (χ3v) is 6.28. The van der Waals surface area contributed by atoms with E-state index in [1.54, 1.807) is 7.11 Å². The van der Waals surface area contributed by atoms with E-state index in [-0.39, 0.29) is 24.4 Å². The van der Waals surface area contributed by atoms with Crippen LogP contribution in [0.3, 0.4) is 0 Å². The van der Waals surface area contributed by atoms with Crippen LogP contribution in [-0.4, -0.2) is 54.3 Å². The maximum absolute atomic E-state index is 13.6. The number of nitrogens with zero attached hydrogens (tertiary/aromatic N) is 3. The van der Waals surface area contributed by atoms with E-state index in [2.05, 4.69) is 33.1 Å². The largest absolute Gasteiger partial charge is 0.481 e. The summed E-state index contributed by atoms with van der Waals surface area (Å²) in [6.07, 6.45) is 3.08. The minimum atomic E-state index is 0.0798. The normalized spacial score (nSPS) is 19.3. The lowest BCUT2D eigenvalue weighted by atomic mass is 9.82. The molecule has 2 aliphatic heterocycles. The second-order valence-electron chi connectivity index (χ2n) is 7.97. The molecule has 0 aliphatic carbocycles. The summed E-state index contributed by atoms with van der Waals surface area (Å²) in [7, 11) is 3.07. The Balaban J connectivity index is 1.62. The Kier molecular flexibility index (Phi) is 6.18. The standard InChI is InChI=1S/C23H29N3O4/c1-15-19(22(28-2)25-23(24-15)29-3)13-21(27)26-14-18-7-5-4-6-17(18)12-20(26)16-8-10-30-11-9-16/h4-7,16,20H,8-14H2,1-3H3/t20-/m0/s1.